The lowest BCUT2D eigenvalue weighted by Crippen LogP contribution is -2.24. The van der Waals surface area contributed by atoms with Crippen molar-refractivity contribution < 1.29 is 0 Å². The zero-order valence-corrected chi connectivity index (χ0v) is 12.6. The molecule has 22 heavy (non-hydrogen) atoms. The van der Waals surface area contributed by atoms with E-state index in [4.69, 9.17) is 0 Å². The summed E-state index contributed by atoms with van der Waals surface area (Å²) >= 11 is 0. The van der Waals surface area contributed by atoms with Crippen molar-refractivity contribution in [3.05, 3.63) is 78.9 Å². The molecule has 2 aromatic carbocycles. The summed E-state index contributed by atoms with van der Waals surface area (Å²) in [5, 5.41) is 7.99. The van der Waals surface area contributed by atoms with Crippen LogP contribution in [0.4, 0.5) is 5.69 Å². The fourth-order valence-electron chi connectivity index (χ4n) is 2.74. The van der Waals surface area contributed by atoms with Crippen molar-refractivity contribution in [2.75, 3.05) is 5.32 Å². The van der Waals surface area contributed by atoms with Crippen LogP contribution >= 0.6 is 0 Å². The molecule has 0 bridgehead atoms. The molecule has 2 unspecified atom stereocenters. The van der Waals surface area contributed by atoms with E-state index in [1.807, 2.05) is 28.9 Å². The third-order valence-corrected chi connectivity index (χ3v) is 3.83. The Hall–Kier alpha value is -2.62. The lowest BCUT2D eigenvalue weighted by Gasteiger charge is -2.28. The summed E-state index contributed by atoms with van der Waals surface area (Å²) in [7, 11) is 0. The van der Waals surface area contributed by atoms with Crippen molar-refractivity contribution in [1.29, 1.82) is 0 Å². The van der Waals surface area contributed by atoms with Crippen LogP contribution in [0.2, 0.25) is 0 Å². The molecule has 0 radical (unpaired) electrons. The van der Waals surface area contributed by atoms with E-state index in [1.165, 1.54) is 5.56 Å². The van der Waals surface area contributed by atoms with Crippen LogP contribution in [0.3, 0.4) is 0 Å². The maximum atomic E-state index is 4.34. The molecule has 0 spiro atoms. The Bertz CT molecular complexity index is 665. The number of para-hydroxylation sites is 1. The van der Waals surface area contributed by atoms with Crippen LogP contribution in [-0.2, 0) is 0 Å². The molecule has 2 atom stereocenters. The molecule has 0 amide bonds. The van der Waals surface area contributed by atoms with Gasteiger partial charge in [0.2, 0.25) is 0 Å². The summed E-state index contributed by atoms with van der Waals surface area (Å²) in [5.41, 5.74) is 2.35. The second kappa shape index (κ2) is 6.89. The van der Waals surface area contributed by atoms with Crippen LogP contribution in [0.25, 0.3) is 0 Å². The van der Waals surface area contributed by atoms with Gasteiger partial charge in [0.25, 0.3) is 0 Å². The summed E-state index contributed by atoms with van der Waals surface area (Å²) in [5.74, 6) is 0. The minimum Gasteiger partial charge on any atom is -0.376 e. The van der Waals surface area contributed by atoms with Crippen LogP contribution in [0.5, 0.6) is 0 Å². The molecule has 0 aliphatic heterocycles. The minimum atomic E-state index is 0.135. The maximum absolute atomic E-state index is 4.34. The molecule has 112 valence electrons. The highest BCUT2D eigenvalue weighted by Gasteiger charge is 2.23. The van der Waals surface area contributed by atoms with Gasteiger partial charge in [0.1, 0.15) is 12.7 Å². The molecule has 1 N–H and O–H groups in total. The van der Waals surface area contributed by atoms with Crippen molar-refractivity contribution in [3.63, 3.8) is 0 Å². The predicted octanol–water partition coefficient (Wildman–Crippen LogP) is 4.08. The molecule has 3 rings (SSSR count). The van der Waals surface area contributed by atoms with Gasteiger partial charge in [-0.1, -0.05) is 55.5 Å². The number of hydrogen-bond donors (Lipinski definition) is 1. The quantitative estimate of drug-likeness (QED) is 0.744. The van der Waals surface area contributed by atoms with Crippen LogP contribution in [0.15, 0.2) is 73.3 Å². The molecular weight excluding hydrogens is 272 g/mol. The molecule has 4 nitrogen and oxygen atoms in total. The Morgan fingerprint density at radius 2 is 1.68 bits per heavy atom. The van der Waals surface area contributed by atoms with Gasteiger partial charge in [0.15, 0.2) is 0 Å². The molecular formula is C18H20N4. The van der Waals surface area contributed by atoms with Gasteiger partial charge in [0.05, 0.1) is 12.1 Å². The van der Waals surface area contributed by atoms with Gasteiger partial charge >= 0.3 is 0 Å². The van der Waals surface area contributed by atoms with E-state index in [9.17, 15) is 0 Å². The normalized spacial score (nSPS) is 13.5. The number of hydrogen-bond acceptors (Lipinski definition) is 3. The van der Waals surface area contributed by atoms with Gasteiger partial charge in [-0.15, -0.1) is 0 Å². The third kappa shape index (κ3) is 3.17. The second-order valence-corrected chi connectivity index (χ2v) is 5.25. The van der Waals surface area contributed by atoms with E-state index in [1.54, 1.807) is 12.7 Å². The average molecular weight is 292 g/mol. The van der Waals surface area contributed by atoms with Gasteiger partial charge in [0, 0.05) is 5.69 Å². The topological polar surface area (TPSA) is 42.7 Å². The SMILES string of the molecule is CCC(C(Nc1ccccc1)c1ccccc1)n1cncn1. The third-order valence-electron chi connectivity index (χ3n) is 3.83. The van der Waals surface area contributed by atoms with Crippen molar-refractivity contribution in [1.82, 2.24) is 14.8 Å². The van der Waals surface area contributed by atoms with Gasteiger partial charge in [-0.05, 0) is 24.1 Å². The zero-order valence-electron chi connectivity index (χ0n) is 12.6. The maximum Gasteiger partial charge on any atom is 0.137 e. The van der Waals surface area contributed by atoms with Crippen molar-refractivity contribution in [3.8, 4) is 0 Å². The van der Waals surface area contributed by atoms with Gasteiger partial charge in [-0.25, -0.2) is 9.67 Å². The first kappa shape index (κ1) is 14.3. The summed E-state index contributed by atoms with van der Waals surface area (Å²) in [4.78, 5) is 4.10. The summed E-state index contributed by atoms with van der Waals surface area (Å²) in [6.45, 7) is 2.18. The van der Waals surface area contributed by atoms with E-state index in [0.29, 0.717) is 0 Å². The van der Waals surface area contributed by atoms with E-state index in [2.05, 4.69) is 58.7 Å². The molecule has 1 aromatic heterocycles. The van der Waals surface area contributed by atoms with Crippen molar-refractivity contribution in [2.45, 2.75) is 25.4 Å². The van der Waals surface area contributed by atoms with E-state index in [0.717, 1.165) is 12.1 Å². The minimum absolute atomic E-state index is 0.135. The molecule has 1 heterocycles. The monoisotopic (exact) mass is 292 g/mol. The largest absolute Gasteiger partial charge is 0.376 e. The van der Waals surface area contributed by atoms with Crippen LogP contribution < -0.4 is 5.32 Å². The highest BCUT2D eigenvalue weighted by Crippen LogP contribution is 2.31. The molecule has 0 fully saturated rings. The van der Waals surface area contributed by atoms with Gasteiger partial charge in [-0.3, -0.25) is 0 Å². The highest BCUT2D eigenvalue weighted by molar-refractivity contribution is 5.45. The fraction of sp³-hybridized carbons (Fsp3) is 0.222. The standard InChI is InChI=1S/C18H20N4/c1-2-17(22-14-19-13-20-22)18(15-9-5-3-6-10-15)21-16-11-7-4-8-12-16/h3-14,17-18,21H,2H2,1H3. The van der Waals surface area contributed by atoms with Gasteiger partial charge in [-0.2, -0.15) is 5.10 Å². The number of aromatic nitrogens is 3. The highest BCUT2D eigenvalue weighted by atomic mass is 15.3. The van der Waals surface area contributed by atoms with E-state index < -0.39 is 0 Å². The van der Waals surface area contributed by atoms with Crippen LogP contribution in [0.1, 0.15) is 31.0 Å². The number of anilines is 1. The first-order valence-electron chi connectivity index (χ1n) is 7.59. The summed E-state index contributed by atoms with van der Waals surface area (Å²) < 4.78 is 1.94. The first-order valence-corrected chi connectivity index (χ1v) is 7.59. The molecule has 3 aromatic rings. The van der Waals surface area contributed by atoms with Crippen molar-refractivity contribution in [2.24, 2.45) is 0 Å². The molecule has 0 aliphatic carbocycles. The number of nitrogens with zero attached hydrogens (tertiary/aromatic N) is 3. The zero-order chi connectivity index (χ0) is 15.2. The summed E-state index contributed by atoms with van der Waals surface area (Å²) in [6, 6.07) is 21.1. The number of benzene rings is 2. The Morgan fingerprint density at radius 3 is 2.27 bits per heavy atom. The van der Waals surface area contributed by atoms with Crippen LogP contribution in [-0.4, -0.2) is 14.8 Å². The van der Waals surface area contributed by atoms with Crippen LogP contribution in [0, 0.1) is 0 Å². The fourth-order valence-corrected chi connectivity index (χ4v) is 2.74. The van der Waals surface area contributed by atoms with Gasteiger partial charge < -0.3 is 5.32 Å². The molecule has 0 saturated carbocycles. The average Bonchev–Trinajstić information content (AvgIpc) is 3.11. The van der Waals surface area contributed by atoms with E-state index in [-0.39, 0.29) is 12.1 Å². The Morgan fingerprint density at radius 1 is 1.00 bits per heavy atom. The Kier molecular flexibility index (Phi) is 4.49. The first-order chi connectivity index (χ1) is 10.9. The molecule has 4 heteroatoms. The molecule has 0 saturated heterocycles. The van der Waals surface area contributed by atoms with E-state index >= 15 is 0 Å². The second-order valence-electron chi connectivity index (χ2n) is 5.25. The Balaban J connectivity index is 1.95. The summed E-state index contributed by atoms with van der Waals surface area (Å²) in [6.07, 6.45) is 4.34. The lowest BCUT2D eigenvalue weighted by molar-refractivity contribution is 0.388. The Labute approximate surface area is 130 Å². The lowest BCUT2D eigenvalue weighted by atomic mass is 9.97. The number of nitrogens with one attached hydrogen (secondary N) is 1. The van der Waals surface area contributed by atoms with Crippen molar-refractivity contribution >= 4 is 5.69 Å². The number of rotatable bonds is 6. The molecule has 0 aliphatic rings. The predicted molar refractivity (Wildman–Crippen MR) is 88.6 cm³/mol. The smallest absolute Gasteiger partial charge is 0.137 e.